The molecule has 0 aliphatic carbocycles. The molecule has 1 heterocycles. The largest absolute Gasteiger partial charge is 0.397 e. The van der Waals surface area contributed by atoms with Crippen LogP contribution in [0.3, 0.4) is 0 Å². The van der Waals surface area contributed by atoms with E-state index >= 15 is 0 Å². The van der Waals surface area contributed by atoms with Crippen LogP contribution >= 0.6 is 0 Å². The number of hydrogen-bond acceptors (Lipinski definition) is 2. The van der Waals surface area contributed by atoms with E-state index in [2.05, 4.69) is 5.32 Å². The molecule has 0 atom stereocenters. The van der Waals surface area contributed by atoms with E-state index in [4.69, 9.17) is 5.73 Å². The molecule has 0 aliphatic heterocycles. The Morgan fingerprint density at radius 3 is 2.68 bits per heavy atom. The summed E-state index contributed by atoms with van der Waals surface area (Å²) in [7, 11) is 0. The highest BCUT2D eigenvalue weighted by atomic mass is 19.1. The molecule has 0 saturated carbocycles. The molecule has 0 aliphatic rings. The van der Waals surface area contributed by atoms with Gasteiger partial charge in [-0.1, -0.05) is 12.1 Å². The lowest BCUT2D eigenvalue weighted by molar-refractivity contribution is 0.0942. The van der Waals surface area contributed by atoms with Gasteiger partial charge in [0, 0.05) is 19.3 Å². The van der Waals surface area contributed by atoms with Gasteiger partial charge in [-0.3, -0.25) is 4.79 Å². The van der Waals surface area contributed by atoms with Crippen molar-refractivity contribution >= 4 is 11.6 Å². The van der Waals surface area contributed by atoms with Crippen LogP contribution in [0.5, 0.6) is 0 Å². The molecule has 0 bridgehead atoms. The summed E-state index contributed by atoms with van der Waals surface area (Å²) in [6, 6.07) is 7.66. The Bertz CT molecular complexity index is 575. The summed E-state index contributed by atoms with van der Waals surface area (Å²) in [5.41, 5.74) is 7.61. The molecule has 19 heavy (non-hydrogen) atoms. The number of amides is 1. The molecule has 5 heteroatoms. The summed E-state index contributed by atoms with van der Waals surface area (Å²) < 4.78 is 14.5. The van der Waals surface area contributed by atoms with Crippen molar-refractivity contribution in [2.75, 3.05) is 5.73 Å². The zero-order chi connectivity index (χ0) is 13.8. The normalized spacial score (nSPS) is 10.4. The van der Waals surface area contributed by atoms with Crippen LogP contribution in [0.2, 0.25) is 0 Å². The average molecular weight is 261 g/mol. The second kappa shape index (κ2) is 5.56. The Morgan fingerprint density at radius 2 is 2.05 bits per heavy atom. The van der Waals surface area contributed by atoms with Crippen molar-refractivity contribution in [3.05, 3.63) is 53.6 Å². The van der Waals surface area contributed by atoms with Crippen LogP contribution in [0.1, 0.15) is 23.0 Å². The summed E-state index contributed by atoms with van der Waals surface area (Å²) >= 11 is 0. The molecule has 2 aromatic rings. The minimum absolute atomic E-state index is 0.192. The first-order valence-corrected chi connectivity index (χ1v) is 6.08. The maximum Gasteiger partial charge on any atom is 0.268 e. The van der Waals surface area contributed by atoms with E-state index < -0.39 is 0 Å². The first-order chi connectivity index (χ1) is 9.10. The number of carbonyl (C=O) groups excluding carboxylic acids is 1. The molecular formula is C14H16FN3O. The van der Waals surface area contributed by atoms with E-state index in [9.17, 15) is 9.18 Å². The first kappa shape index (κ1) is 13.1. The summed E-state index contributed by atoms with van der Waals surface area (Å²) in [5, 5.41) is 2.78. The molecule has 1 aromatic carbocycles. The molecule has 0 radical (unpaired) electrons. The highest BCUT2D eigenvalue weighted by Crippen LogP contribution is 2.11. The topological polar surface area (TPSA) is 60.0 Å². The Morgan fingerprint density at radius 1 is 1.37 bits per heavy atom. The van der Waals surface area contributed by atoms with Gasteiger partial charge < -0.3 is 15.6 Å². The van der Waals surface area contributed by atoms with Crippen LogP contribution in [-0.2, 0) is 13.1 Å². The summed E-state index contributed by atoms with van der Waals surface area (Å²) in [4.78, 5) is 12.0. The molecule has 3 N–H and O–H groups in total. The van der Waals surface area contributed by atoms with Gasteiger partial charge in [-0.05, 0) is 30.7 Å². The minimum Gasteiger partial charge on any atom is -0.397 e. The fraction of sp³-hybridized carbons (Fsp3) is 0.214. The zero-order valence-corrected chi connectivity index (χ0v) is 10.7. The third-order valence-corrected chi connectivity index (χ3v) is 2.86. The van der Waals surface area contributed by atoms with Gasteiger partial charge in [-0.15, -0.1) is 0 Å². The van der Waals surface area contributed by atoms with E-state index in [0.29, 0.717) is 24.5 Å². The standard InChI is InChI=1S/C14H16FN3O/c1-2-18-9-12(16)7-13(18)14(19)17-8-10-3-5-11(15)6-4-10/h3-7,9H,2,8,16H2,1H3,(H,17,19). The third-order valence-electron chi connectivity index (χ3n) is 2.86. The van der Waals surface area contributed by atoms with Crippen molar-refractivity contribution in [1.82, 2.24) is 9.88 Å². The van der Waals surface area contributed by atoms with E-state index in [1.54, 1.807) is 29.0 Å². The second-order valence-electron chi connectivity index (χ2n) is 4.25. The highest BCUT2D eigenvalue weighted by molar-refractivity contribution is 5.93. The van der Waals surface area contributed by atoms with Crippen molar-refractivity contribution in [2.45, 2.75) is 20.0 Å². The minimum atomic E-state index is -0.289. The van der Waals surface area contributed by atoms with Gasteiger partial charge in [0.15, 0.2) is 0 Å². The van der Waals surface area contributed by atoms with Crippen molar-refractivity contribution in [1.29, 1.82) is 0 Å². The van der Waals surface area contributed by atoms with E-state index in [1.807, 2.05) is 6.92 Å². The number of benzene rings is 1. The van der Waals surface area contributed by atoms with Crippen LogP contribution in [0.25, 0.3) is 0 Å². The lowest BCUT2D eigenvalue weighted by Crippen LogP contribution is -2.25. The number of carbonyl (C=O) groups is 1. The molecule has 0 unspecified atom stereocenters. The Kier molecular flexibility index (Phi) is 3.85. The number of anilines is 1. The van der Waals surface area contributed by atoms with Crippen molar-refractivity contribution < 1.29 is 9.18 Å². The van der Waals surface area contributed by atoms with Gasteiger partial charge in [0.25, 0.3) is 5.91 Å². The number of nitrogens with zero attached hydrogens (tertiary/aromatic N) is 1. The average Bonchev–Trinajstić information content (AvgIpc) is 2.79. The van der Waals surface area contributed by atoms with Gasteiger partial charge in [0.05, 0.1) is 5.69 Å². The molecule has 1 aromatic heterocycles. The number of nitrogens with one attached hydrogen (secondary N) is 1. The SMILES string of the molecule is CCn1cc(N)cc1C(=O)NCc1ccc(F)cc1. The lowest BCUT2D eigenvalue weighted by Gasteiger charge is -2.07. The molecule has 2 rings (SSSR count). The fourth-order valence-corrected chi connectivity index (χ4v) is 1.86. The Labute approximate surface area is 111 Å². The van der Waals surface area contributed by atoms with Crippen LogP contribution in [-0.4, -0.2) is 10.5 Å². The fourth-order valence-electron chi connectivity index (χ4n) is 1.86. The second-order valence-corrected chi connectivity index (χ2v) is 4.25. The molecule has 0 spiro atoms. The quantitative estimate of drug-likeness (QED) is 0.886. The molecular weight excluding hydrogens is 245 g/mol. The van der Waals surface area contributed by atoms with E-state index in [0.717, 1.165) is 5.56 Å². The summed E-state index contributed by atoms with van der Waals surface area (Å²) in [6.45, 7) is 2.97. The maximum atomic E-state index is 12.7. The van der Waals surface area contributed by atoms with E-state index in [-0.39, 0.29) is 11.7 Å². The predicted molar refractivity (Wildman–Crippen MR) is 72.1 cm³/mol. The summed E-state index contributed by atoms with van der Waals surface area (Å²) in [6.07, 6.45) is 1.73. The molecule has 100 valence electrons. The zero-order valence-electron chi connectivity index (χ0n) is 10.7. The Balaban J connectivity index is 2.03. The van der Waals surface area contributed by atoms with Crippen molar-refractivity contribution in [2.24, 2.45) is 0 Å². The molecule has 0 saturated heterocycles. The predicted octanol–water partition coefficient (Wildman–Crippen LogP) is 2.16. The highest BCUT2D eigenvalue weighted by Gasteiger charge is 2.11. The van der Waals surface area contributed by atoms with Crippen molar-refractivity contribution in [3.8, 4) is 0 Å². The molecule has 1 amide bonds. The van der Waals surface area contributed by atoms with Crippen molar-refractivity contribution in [3.63, 3.8) is 0 Å². The van der Waals surface area contributed by atoms with Gasteiger partial charge in [0.1, 0.15) is 11.5 Å². The maximum absolute atomic E-state index is 12.7. The molecule has 0 fully saturated rings. The van der Waals surface area contributed by atoms with Crippen LogP contribution in [0.4, 0.5) is 10.1 Å². The number of nitrogen functional groups attached to an aromatic ring is 1. The smallest absolute Gasteiger partial charge is 0.268 e. The third kappa shape index (κ3) is 3.13. The number of aryl methyl sites for hydroxylation is 1. The number of aromatic nitrogens is 1. The van der Waals surface area contributed by atoms with E-state index in [1.165, 1.54) is 12.1 Å². The van der Waals surface area contributed by atoms with Gasteiger partial charge >= 0.3 is 0 Å². The number of nitrogens with two attached hydrogens (primary N) is 1. The Hall–Kier alpha value is -2.30. The monoisotopic (exact) mass is 261 g/mol. The number of rotatable bonds is 4. The molecule has 4 nitrogen and oxygen atoms in total. The lowest BCUT2D eigenvalue weighted by atomic mass is 10.2. The first-order valence-electron chi connectivity index (χ1n) is 6.08. The van der Waals surface area contributed by atoms with Gasteiger partial charge in [0.2, 0.25) is 0 Å². The summed E-state index contributed by atoms with van der Waals surface area (Å²) in [5.74, 6) is -0.481. The van der Waals surface area contributed by atoms with Crippen LogP contribution in [0, 0.1) is 5.82 Å². The van der Waals surface area contributed by atoms with Crippen LogP contribution < -0.4 is 11.1 Å². The van der Waals surface area contributed by atoms with Gasteiger partial charge in [-0.2, -0.15) is 0 Å². The van der Waals surface area contributed by atoms with Crippen LogP contribution in [0.15, 0.2) is 36.5 Å². The number of halogens is 1. The van der Waals surface area contributed by atoms with Gasteiger partial charge in [-0.25, -0.2) is 4.39 Å². The number of hydrogen-bond donors (Lipinski definition) is 2.